The lowest BCUT2D eigenvalue weighted by Gasteiger charge is -2.14. The first-order chi connectivity index (χ1) is 8.08. The van der Waals surface area contributed by atoms with Crippen LogP contribution in [0.15, 0.2) is 24.3 Å². The maximum atomic E-state index is 12.2. The lowest BCUT2D eigenvalue weighted by molar-refractivity contribution is 0.0994. The smallest absolute Gasteiger partial charge is 0.175 e. The topological polar surface area (TPSA) is 17.1 Å². The number of aryl methyl sites for hydroxylation is 1. The number of hydrogen-bond acceptors (Lipinski definition) is 2. The molecule has 0 N–H and O–H groups in total. The number of hydrogen-bond donors (Lipinski definition) is 0. The molecule has 2 heteroatoms. The van der Waals surface area contributed by atoms with E-state index >= 15 is 0 Å². The summed E-state index contributed by atoms with van der Waals surface area (Å²) in [4.78, 5) is 12.2. The van der Waals surface area contributed by atoms with Gasteiger partial charge in [-0.3, -0.25) is 4.79 Å². The molecule has 0 fully saturated rings. The predicted octanol–water partition coefficient (Wildman–Crippen LogP) is 4.35. The number of carbonyl (C=O) groups is 1. The van der Waals surface area contributed by atoms with Gasteiger partial charge in [0.15, 0.2) is 5.78 Å². The highest BCUT2D eigenvalue weighted by Crippen LogP contribution is 2.23. The Hall–Kier alpha value is -0.760. The lowest BCUT2D eigenvalue weighted by Crippen LogP contribution is -2.16. The molecule has 0 saturated carbocycles. The number of ketones is 1. The summed E-state index contributed by atoms with van der Waals surface area (Å²) in [5, 5.41) is 0.598. The van der Waals surface area contributed by atoms with Crippen LogP contribution in [-0.4, -0.2) is 16.3 Å². The van der Waals surface area contributed by atoms with Crippen molar-refractivity contribution in [2.24, 2.45) is 0 Å². The van der Waals surface area contributed by atoms with Gasteiger partial charge in [-0.05, 0) is 25.3 Å². The number of thioether (sulfide) groups is 1. The van der Waals surface area contributed by atoms with Crippen LogP contribution in [0.2, 0.25) is 0 Å². The van der Waals surface area contributed by atoms with Crippen LogP contribution >= 0.6 is 11.8 Å². The van der Waals surface area contributed by atoms with Gasteiger partial charge < -0.3 is 0 Å². The summed E-state index contributed by atoms with van der Waals surface area (Å²) in [5.74, 6) is 0.248. The van der Waals surface area contributed by atoms with Crippen molar-refractivity contribution >= 4 is 17.5 Å². The molecule has 0 bridgehead atoms. The SMILES string of the molecule is CCc1ccc(C(=O)C(C)SC(C)CC)cc1. The Morgan fingerprint density at radius 3 is 2.24 bits per heavy atom. The van der Waals surface area contributed by atoms with E-state index in [1.165, 1.54) is 5.56 Å². The van der Waals surface area contributed by atoms with Crippen molar-refractivity contribution in [1.82, 2.24) is 0 Å². The minimum atomic E-state index is 0.0532. The molecule has 2 unspecified atom stereocenters. The summed E-state index contributed by atoms with van der Waals surface area (Å²) in [6.07, 6.45) is 2.13. The summed E-state index contributed by atoms with van der Waals surface area (Å²) in [5.41, 5.74) is 2.12. The number of Topliss-reactive ketones (excluding diaryl/α,β-unsaturated/α-hetero) is 1. The second-order valence-corrected chi connectivity index (χ2v) is 6.20. The van der Waals surface area contributed by atoms with Crippen LogP contribution in [-0.2, 0) is 6.42 Å². The highest BCUT2D eigenvalue weighted by Gasteiger charge is 2.17. The van der Waals surface area contributed by atoms with Gasteiger partial charge in [0, 0.05) is 10.8 Å². The maximum absolute atomic E-state index is 12.2. The molecule has 0 amide bonds. The minimum Gasteiger partial charge on any atom is -0.293 e. The van der Waals surface area contributed by atoms with Crippen LogP contribution in [0.3, 0.4) is 0 Å². The Balaban J connectivity index is 2.67. The van der Waals surface area contributed by atoms with Gasteiger partial charge in [0.05, 0.1) is 5.25 Å². The fourth-order valence-electron chi connectivity index (χ4n) is 1.65. The van der Waals surface area contributed by atoms with Gasteiger partial charge in [0.2, 0.25) is 0 Å². The summed E-state index contributed by atoms with van der Waals surface area (Å²) >= 11 is 1.76. The van der Waals surface area contributed by atoms with E-state index in [1.54, 1.807) is 11.8 Å². The van der Waals surface area contributed by atoms with Gasteiger partial charge in [0.1, 0.15) is 0 Å². The molecule has 0 aliphatic rings. The highest BCUT2D eigenvalue weighted by molar-refractivity contribution is 8.01. The fraction of sp³-hybridized carbons (Fsp3) is 0.533. The zero-order chi connectivity index (χ0) is 12.8. The number of benzene rings is 1. The van der Waals surface area contributed by atoms with Crippen LogP contribution in [0.1, 0.15) is 50.0 Å². The first-order valence-corrected chi connectivity index (χ1v) is 7.31. The third kappa shape index (κ3) is 4.19. The predicted molar refractivity (Wildman–Crippen MR) is 77.0 cm³/mol. The standard InChI is InChI=1S/C15H22OS/c1-5-11(3)17-12(4)15(16)14-9-7-13(6-2)8-10-14/h7-12H,5-6H2,1-4H3. The zero-order valence-corrected chi connectivity index (χ0v) is 12.0. The monoisotopic (exact) mass is 250 g/mol. The van der Waals surface area contributed by atoms with Crippen molar-refractivity contribution in [2.75, 3.05) is 0 Å². The number of rotatable bonds is 6. The van der Waals surface area contributed by atoms with Crippen molar-refractivity contribution in [3.63, 3.8) is 0 Å². The molecule has 0 aliphatic heterocycles. The van der Waals surface area contributed by atoms with E-state index in [4.69, 9.17) is 0 Å². The van der Waals surface area contributed by atoms with Crippen molar-refractivity contribution in [3.8, 4) is 0 Å². The van der Waals surface area contributed by atoms with E-state index in [0.29, 0.717) is 5.25 Å². The lowest BCUT2D eigenvalue weighted by atomic mass is 10.1. The van der Waals surface area contributed by atoms with Crippen molar-refractivity contribution in [2.45, 2.75) is 51.0 Å². The van der Waals surface area contributed by atoms with Crippen LogP contribution in [0.25, 0.3) is 0 Å². The van der Waals surface area contributed by atoms with Crippen LogP contribution in [0.5, 0.6) is 0 Å². The van der Waals surface area contributed by atoms with Gasteiger partial charge in [0.25, 0.3) is 0 Å². The fourth-order valence-corrected chi connectivity index (χ4v) is 2.79. The van der Waals surface area contributed by atoms with Crippen molar-refractivity contribution < 1.29 is 4.79 Å². The van der Waals surface area contributed by atoms with Crippen LogP contribution in [0, 0.1) is 0 Å². The largest absolute Gasteiger partial charge is 0.293 e. The molecule has 94 valence electrons. The second kappa shape index (κ2) is 6.85. The average Bonchev–Trinajstić information content (AvgIpc) is 2.37. The molecule has 0 aliphatic carbocycles. The Morgan fingerprint density at radius 2 is 1.76 bits per heavy atom. The summed E-state index contributed by atoms with van der Waals surface area (Å²) in [7, 11) is 0. The van der Waals surface area contributed by atoms with E-state index in [1.807, 2.05) is 31.2 Å². The Morgan fingerprint density at radius 1 is 1.18 bits per heavy atom. The maximum Gasteiger partial charge on any atom is 0.175 e. The Bertz CT molecular complexity index is 356. The van der Waals surface area contributed by atoms with E-state index in [2.05, 4.69) is 20.8 Å². The van der Waals surface area contributed by atoms with Crippen molar-refractivity contribution in [1.29, 1.82) is 0 Å². The third-order valence-corrected chi connectivity index (χ3v) is 4.45. The molecule has 0 spiro atoms. The van der Waals surface area contributed by atoms with Gasteiger partial charge >= 0.3 is 0 Å². The summed E-state index contributed by atoms with van der Waals surface area (Å²) in [6, 6.07) is 8.01. The average molecular weight is 250 g/mol. The molecule has 1 nitrogen and oxygen atoms in total. The first-order valence-electron chi connectivity index (χ1n) is 6.37. The van der Waals surface area contributed by atoms with E-state index < -0.39 is 0 Å². The molecule has 0 heterocycles. The van der Waals surface area contributed by atoms with Gasteiger partial charge in [-0.25, -0.2) is 0 Å². The van der Waals surface area contributed by atoms with E-state index in [-0.39, 0.29) is 11.0 Å². The van der Waals surface area contributed by atoms with Crippen LogP contribution in [0.4, 0.5) is 0 Å². The normalized spacial score (nSPS) is 14.4. The Labute approximate surface area is 109 Å². The molecule has 1 aromatic rings. The van der Waals surface area contributed by atoms with Gasteiger partial charge in [-0.2, -0.15) is 0 Å². The second-order valence-electron chi connectivity index (χ2n) is 4.41. The molecule has 0 radical (unpaired) electrons. The van der Waals surface area contributed by atoms with Crippen LogP contribution < -0.4 is 0 Å². The van der Waals surface area contributed by atoms with Gasteiger partial charge in [-0.1, -0.05) is 45.0 Å². The number of carbonyl (C=O) groups excluding carboxylic acids is 1. The minimum absolute atomic E-state index is 0.0532. The molecule has 2 atom stereocenters. The third-order valence-electron chi connectivity index (χ3n) is 3.03. The van der Waals surface area contributed by atoms with E-state index in [9.17, 15) is 4.79 Å². The van der Waals surface area contributed by atoms with E-state index in [0.717, 1.165) is 18.4 Å². The Kier molecular flexibility index (Phi) is 5.76. The summed E-state index contributed by atoms with van der Waals surface area (Å²) in [6.45, 7) is 8.46. The molecule has 0 saturated heterocycles. The quantitative estimate of drug-likeness (QED) is 0.698. The molecular formula is C15H22OS. The van der Waals surface area contributed by atoms with Gasteiger partial charge in [-0.15, -0.1) is 11.8 Å². The molecule has 0 aromatic heterocycles. The molecule has 17 heavy (non-hydrogen) atoms. The summed E-state index contributed by atoms with van der Waals surface area (Å²) < 4.78 is 0. The molecule has 1 aromatic carbocycles. The first kappa shape index (κ1) is 14.3. The molecular weight excluding hydrogens is 228 g/mol. The highest BCUT2D eigenvalue weighted by atomic mass is 32.2. The molecule has 1 rings (SSSR count). The van der Waals surface area contributed by atoms with Crippen molar-refractivity contribution in [3.05, 3.63) is 35.4 Å². The zero-order valence-electron chi connectivity index (χ0n) is 11.2.